The molecule has 0 atom stereocenters. The molecule has 1 heterocycles. The molecule has 1 N–H and O–H groups in total. The van der Waals surface area contributed by atoms with Crippen LogP contribution in [0.5, 0.6) is 0 Å². The fourth-order valence-electron chi connectivity index (χ4n) is 1.53. The zero-order valence-corrected chi connectivity index (χ0v) is 10.8. The van der Waals surface area contributed by atoms with Crippen molar-refractivity contribution < 1.29 is 13.2 Å². The minimum absolute atomic E-state index is 0.0522. The van der Waals surface area contributed by atoms with E-state index < -0.39 is 12.6 Å². The van der Waals surface area contributed by atoms with Gasteiger partial charge in [0.25, 0.3) is 0 Å². The average Bonchev–Trinajstić information content (AvgIpc) is 2.32. The standard InChI is InChI=1S/C12H15F3N4/c1-8-9(2)18-19-11(10(8)7-16)17-6-4-3-5-12(13,14)15/h3-6H2,1-2H3,(H,17,19). The van der Waals surface area contributed by atoms with E-state index in [0.717, 1.165) is 5.56 Å². The summed E-state index contributed by atoms with van der Waals surface area (Å²) in [5, 5.41) is 19.6. The zero-order chi connectivity index (χ0) is 14.5. The van der Waals surface area contributed by atoms with Crippen molar-refractivity contribution in [1.29, 1.82) is 5.26 Å². The number of hydrogen-bond donors (Lipinski definition) is 1. The average molecular weight is 272 g/mol. The summed E-state index contributed by atoms with van der Waals surface area (Å²) in [7, 11) is 0. The molecule has 19 heavy (non-hydrogen) atoms. The third-order valence-corrected chi connectivity index (χ3v) is 2.75. The molecule has 0 unspecified atom stereocenters. The van der Waals surface area contributed by atoms with Crippen LogP contribution in [0.2, 0.25) is 0 Å². The molecule has 0 aliphatic rings. The molecule has 0 amide bonds. The van der Waals surface area contributed by atoms with Gasteiger partial charge in [0.05, 0.1) is 5.69 Å². The smallest absolute Gasteiger partial charge is 0.367 e. The molecule has 0 aromatic carbocycles. The van der Waals surface area contributed by atoms with Crippen LogP contribution in [0.4, 0.5) is 19.0 Å². The highest BCUT2D eigenvalue weighted by atomic mass is 19.4. The second kappa shape index (κ2) is 6.36. The van der Waals surface area contributed by atoms with Gasteiger partial charge in [-0.15, -0.1) is 5.10 Å². The maximum Gasteiger partial charge on any atom is 0.389 e. The minimum atomic E-state index is -4.11. The fourth-order valence-corrected chi connectivity index (χ4v) is 1.53. The molecule has 104 valence electrons. The number of halogens is 3. The van der Waals surface area contributed by atoms with Gasteiger partial charge in [-0.05, 0) is 32.3 Å². The predicted molar refractivity (Wildman–Crippen MR) is 64.6 cm³/mol. The van der Waals surface area contributed by atoms with Gasteiger partial charge in [0, 0.05) is 13.0 Å². The molecule has 7 heteroatoms. The highest BCUT2D eigenvalue weighted by Gasteiger charge is 2.25. The molecule has 1 rings (SSSR count). The number of nitrogens with zero attached hydrogens (tertiary/aromatic N) is 3. The molecule has 0 saturated heterocycles. The monoisotopic (exact) mass is 272 g/mol. The third-order valence-electron chi connectivity index (χ3n) is 2.75. The second-order valence-electron chi connectivity index (χ2n) is 4.24. The lowest BCUT2D eigenvalue weighted by Crippen LogP contribution is -2.11. The molecular weight excluding hydrogens is 257 g/mol. The van der Waals surface area contributed by atoms with Gasteiger partial charge in [-0.25, -0.2) is 0 Å². The molecule has 1 aromatic heterocycles. The van der Waals surface area contributed by atoms with Crippen LogP contribution in [0.15, 0.2) is 0 Å². The summed E-state index contributed by atoms with van der Waals surface area (Å²) in [6, 6.07) is 2.02. The Morgan fingerprint density at radius 2 is 1.89 bits per heavy atom. The largest absolute Gasteiger partial charge is 0.389 e. The Bertz CT molecular complexity index is 477. The van der Waals surface area contributed by atoms with Crippen LogP contribution in [0.3, 0.4) is 0 Å². The normalized spacial score (nSPS) is 11.2. The highest BCUT2D eigenvalue weighted by molar-refractivity contribution is 5.55. The molecule has 0 saturated carbocycles. The van der Waals surface area contributed by atoms with E-state index in [1.807, 2.05) is 6.07 Å². The molecule has 0 fully saturated rings. The van der Waals surface area contributed by atoms with Crippen molar-refractivity contribution in [2.75, 3.05) is 11.9 Å². The predicted octanol–water partition coefficient (Wildman–Crippen LogP) is 3.11. The van der Waals surface area contributed by atoms with Crippen LogP contribution < -0.4 is 5.32 Å². The number of aryl methyl sites for hydroxylation is 1. The lowest BCUT2D eigenvalue weighted by atomic mass is 10.1. The first-order valence-corrected chi connectivity index (χ1v) is 5.89. The Kier molecular flexibility index (Phi) is 5.10. The summed E-state index contributed by atoms with van der Waals surface area (Å²) in [6.45, 7) is 3.84. The van der Waals surface area contributed by atoms with E-state index in [4.69, 9.17) is 5.26 Å². The summed E-state index contributed by atoms with van der Waals surface area (Å²) >= 11 is 0. The topological polar surface area (TPSA) is 61.6 Å². The SMILES string of the molecule is Cc1nnc(NCCCCC(F)(F)F)c(C#N)c1C. The van der Waals surface area contributed by atoms with Gasteiger partial charge in [-0.3, -0.25) is 0 Å². The van der Waals surface area contributed by atoms with Gasteiger partial charge in [0.1, 0.15) is 11.6 Å². The van der Waals surface area contributed by atoms with E-state index in [2.05, 4.69) is 15.5 Å². The van der Waals surface area contributed by atoms with E-state index in [1.165, 1.54) is 0 Å². The summed E-state index contributed by atoms with van der Waals surface area (Å²) < 4.78 is 35.8. The van der Waals surface area contributed by atoms with Crippen molar-refractivity contribution in [3.63, 3.8) is 0 Å². The van der Waals surface area contributed by atoms with Crippen LogP contribution in [0, 0.1) is 25.2 Å². The fraction of sp³-hybridized carbons (Fsp3) is 0.583. The van der Waals surface area contributed by atoms with E-state index in [0.29, 0.717) is 30.0 Å². The quantitative estimate of drug-likeness (QED) is 0.836. The van der Waals surface area contributed by atoms with Crippen LogP contribution in [0.25, 0.3) is 0 Å². The number of unbranched alkanes of at least 4 members (excludes halogenated alkanes) is 1. The Morgan fingerprint density at radius 1 is 1.21 bits per heavy atom. The summed E-state index contributed by atoms with van der Waals surface area (Å²) in [4.78, 5) is 0. The number of rotatable bonds is 5. The first-order chi connectivity index (χ1) is 8.85. The second-order valence-corrected chi connectivity index (χ2v) is 4.24. The molecule has 0 radical (unpaired) electrons. The van der Waals surface area contributed by atoms with Crippen LogP contribution in [-0.4, -0.2) is 22.9 Å². The summed E-state index contributed by atoms with van der Waals surface area (Å²) in [5.74, 6) is 0.331. The van der Waals surface area contributed by atoms with Crippen molar-refractivity contribution in [2.45, 2.75) is 39.3 Å². The molecule has 0 aliphatic carbocycles. The van der Waals surface area contributed by atoms with Crippen LogP contribution >= 0.6 is 0 Å². The van der Waals surface area contributed by atoms with Gasteiger partial charge in [-0.1, -0.05) is 0 Å². The number of nitriles is 1. The summed E-state index contributed by atoms with van der Waals surface area (Å²) in [5.41, 5.74) is 1.79. The minimum Gasteiger partial charge on any atom is -0.367 e. The number of alkyl halides is 3. The van der Waals surface area contributed by atoms with Gasteiger partial charge in [0.15, 0.2) is 5.82 Å². The Hall–Kier alpha value is -1.84. The van der Waals surface area contributed by atoms with Gasteiger partial charge in [0.2, 0.25) is 0 Å². The number of nitrogens with one attached hydrogen (secondary N) is 1. The highest BCUT2D eigenvalue weighted by Crippen LogP contribution is 2.22. The van der Waals surface area contributed by atoms with Crippen LogP contribution in [-0.2, 0) is 0 Å². The Morgan fingerprint density at radius 3 is 2.47 bits per heavy atom. The van der Waals surface area contributed by atoms with Crippen molar-refractivity contribution >= 4 is 5.82 Å². The Balaban J connectivity index is 2.51. The van der Waals surface area contributed by atoms with E-state index in [9.17, 15) is 13.2 Å². The van der Waals surface area contributed by atoms with Crippen molar-refractivity contribution in [3.05, 3.63) is 16.8 Å². The lowest BCUT2D eigenvalue weighted by Gasteiger charge is -2.10. The van der Waals surface area contributed by atoms with E-state index in [1.54, 1.807) is 13.8 Å². The molecule has 0 spiro atoms. The third kappa shape index (κ3) is 4.73. The van der Waals surface area contributed by atoms with Gasteiger partial charge >= 0.3 is 6.18 Å². The van der Waals surface area contributed by atoms with E-state index >= 15 is 0 Å². The maximum absolute atomic E-state index is 11.9. The first-order valence-electron chi connectivity index (χ1n) is 5.89. The molecular formula is C12H15F3N4. The van der Waals surface area contributed by atoms with Crippen molar-refractivity contribution in [1.82, 2.24) is 10.2 Å². The van der Waals surface area contributed by atoms with Crippen molar-refractivity contribution in [3.8, 4) is 6.07 Å². The molecule has 1 aromatic rings. The van der Waals surface area contributed by atoms with Gasteiger partial charge < -0.3 is 5.32 Å². The lowest BCUT2D eigenvalue weighted by molar-refractivity contribution is -0.135. The number of hydrogen-bond acceptors (Lipinski definition) is 4. The zero-order valence-electron chi connectivity index (χ0n) is 10.8. The maximum atomic E-state index is 11.9. The molecule has 0 bridgehead atoms. The van der Waals surface area contributed by atoms with Gasteiger partial charge in [-0.2, -0.15) is 23.5 Å². The van der Waals surface area contributed by atoms with Crippen molar-refractivity contribution in [2.24, 2.45) is 0 Å². The molecule has 4 nitrogen and oxygen atoms in total. The molecule has 0 aliphatic heterocycles. The van der Waals surface area contributed by atoms with E-state index in [-0.39, 0.29) is 6.42 Å². The summed E-state index contributed by atoms with van der Waals surface area (Å²) in [6.07, 6.45) is -4.49. The first kappa shape index (κ1) is 15.2. The van der Waals surface area contributed by atoms with Crippen LogP contribution in [0.1, 0.15) is 36.1 Å². The number of aromatic nitrogens is 2. The number of anilines is 1. The Labute approximate surface area is 109 Å².